The minimum absolute atomic E-state index is 0.0884. The van der Waals surface area contributed by atoms with Crippen LogP contribution in [0.5, 0.6) is 11.8 Å². The molecule has 4 aliphatic rings. The van der Waals surface area contributed by atoms with E-state index in [0.29, 0.717) is 37.3 Å². The molecule has 3 saturated heterocycles. The van der Waals surface area contributed by atoms with Gasteiger partial charge in [-0.15, -0.1) is 6.42 Å². The highest BCUT2D eigenvalue weighted by molar-refractivity contribution is 6.03. The van der Waals surface area contributed by atoms with E-state index in [0.717, 1.165) is 25.8 Å². The topological polar surface area (TPSA) is 104 Å². The van der Waals surface area contributed by atoms with E-state index in [1.165, 1.54) is 30.5 Å². The van der Waals surface area contributed by atoms with Gasteiger partial charge in [-0.05, 0) is 55.2 Å². The highest BCUT2D eigenvalue weighted by atomic mass is 19.1. The maximum Gasteiger partial charge on any atom is 0.319 e. The smallest absolute Gasteiger partial charge is 0.319 e. The number of alkyl halides is 1. The van der Waals surface area contributed by atoms with E-state index in [1.807, 2.05) is 0 Å². The van der Waals surface area contributed by atoms with Gasteiger partial charge in [0.25, 0.3) is 0 Å². The Morgan fingerprint density at radius 1 is 1.19 bits per heavy atom. The molecular formula is C35H34F3N5O4. The summed E-state index contributed by atoms with van der Waals surface area (Å²) in [6.45, 7) is 3.86. The van der Waals surface area contributed by atoms with Crippen molar-refractivity contribution in [2.75, 3.05) is 50.9 Å². The van der Waals surface area contributed by atoms with Crippen molar-refractivity contribution < 1.29 is 32.9 Å². The van der Waals surface area contributed by atoms with Crippen molar-refractivity contribution in [2.24, 2.45) is 5.41 Å². The van der Waals surface area contributed by atoms with Crippen molar-refractivity contribution in [1.82, 2.24) is 19.9 Å². The summed E-state index contributed by atoms with van der Waals surface area (Å²) in [6.07, 6.45) is 9.54. The Morgan fingerprint density at radius 3 is 2.81 bits per heavy atom. The lowest BCUT2D eigenvalue weighted by Crippen LogP contribution is -2.44. The van der Waals surface area contributed by atoms with Gasteiger partial charge >= 0.3 is 6.01 Å². The molecule has 9 nitrogen and oxygen atoms in total. The van der Waals surface area contributed by atoms with Gasteiger partial charge < -0.3 is 24.6 Å². The Hall–Kier alpha value is -4.18. The molecule has 4 fully saturated rings. The van der Waals surface area contributed by atoms with Crippen LogP contribution in [-0.2, 0) is 4.74 Å². The number of halogens is 3. The first-order chi connectivity index (χ1) is 22.5. The zero-order valence-corrected chi connectivity index (χ0v) is 25.9. The lowest BCUT2D eigenvalue weighted by Gasteiger charge is -2.31. The first kappa shape index (κ1) is 30.2. The lowest BCUT2D eigenvalue weighted by molar-refractivity contribution is -0.0123. The van der Waals surface area contributed by atoms with Crippen LogP contribution in [-0.4, -0.2) is 93.4 Å². The summed E-state index contributed by atoms with van der Waals surface area (Å²) in [5.74, 6) is 0.939. The molecule has 3 unspecified atom stereocenters. The molecule has 1 saturated carbocycles. The van der Waals surface area contributed by atoms with Crippen LogP contribution in [0.2, 0.25) is 0 Å². The van der Waals surface area contributed by atoms with Gasteiger partial charge in [0.15, 0.2) is 5.82 Å². The maximum absolute atomic E-state index is 16.8. The fourth-order valence-electron chi connectivity index (χ4n) is 7.98. The van der Waals surface area contributed by atoms with Crippen LogP contribution in [0.4, 0.5) is 19.0 Å². The van der Waals surface area contributed by atoms with Gasteiger partial charge in [0, 0.05) is 43.2 Å². The highest BCUT2D eigenvalue weighted by Gasteiger charge is 2.62. The minimum atomic E-state index is -1.22. The minimum Gasteiger partial charge on any atom is -0.508 e. The van der Waals surface area contributed by atoms with Crippen LogP contribution in [0.15, 0.2) is 30.5 Å². The fourth-order valence-corrected chi connectivity index (χ4v) is 7.98. The summed E-state index contributed by atoms with van der Waals surface area (Å²) in [5, 5.41) is 22.4. The Morgan fingerprint density at radius 2 is 2.02 bits per heavy atom. The van der Waals surface area contributed by atoms with E-state index in [9.17, 15) is 19.0 Å². The molecule has 1 spiro atoms. The summed E-state index contributed by atoms with van der Waals surface area (Å²) >= 11 is 0. The monoisotopic (exact) mass is 645 g/mol. The molecule has 2 aromatic heterocycles. The number of terminal acetylenes is 1. The number of hydrogen-bond acceptors (Lipinski definition) is 9. The number of phenolic OH excluding ortho intramolecular Hbond substituents is 1. The van der Waals surface area contributed by atoms with Crippen LogP contribution >= 0.6 is 0 Å². The molecule has 0 amide bonds. The fraction of sp³-hybridized carbons (Fsp3) is 0.457. The number of β-amino-alcohol motifs (C(OH)–C–C–N with tert-alkyl or cyclic N) is 1. The van der Waals surface area contributed by atoms with Crippen LogP contribution in [0, 0.1) is 29.4 Å². The summed E-state index contributed by atoms with van der Waals surface area (Å²) < 4.78 is 58.3. The zero-order chi connectivity index (χ0) is 32.7. The van der Waals surface area contributed by atoms with E-state index in [4.69, 9.17) is 20.9 Å². The number of pyridine rings is 1. The van der Waals surface area contributed by atoms with Crippen LogP contribution < -0.4 is 9.64 Å². The van der Waals surface area contributed by atoms with E-state index in [1.54, 1.807) is 11.8 Å². The second-order valence-electron chi connectivity index (χ2n) is 14.0. The average molecular weight is 646 g/mol. The molecule has 3 atom stereocenters. The number of hydrogen-bond donors (Lipinski definition) is 2. The third-order valence-corrected chi connectivity index (χ3v) is 10.2. The Bertz CT molecular complexity index is 1980. The van der Waals surface area contributed by atoms with Gasteiger partial charge in [-0.25, -0.2) is 13.2 Å². The van der Waals surface area contributed by atoms with Crippen molar-refractivity contribution in [3.8, 4) is 35.4 Å². The Balaban J connectivity index is 1.27. The molecule has 0 bridgehead atoms. The predicted molar refractivity (Wildman–Crippen MR) is 169 cm³/mol. The Labute approximate surface area is 269 Å². The number of phenols is 1. The number of aromatic hydroxyl groups is 1. The second kappa shape index (κ2) is 10.7. The van der Waals surface area contributed by atoms with Gasteiger partial charge in [-0.2, -0.15) is 9.97 Å². The van der Waals surface area contributed by atoms with Crippen molar-refractivity contribution in [3.63, 3.8) is 0 Å². The summed E-state index contributed by atoms with van der Waals surface area (Å²) in [4.78, 5) is 17.6. The number of fused-ring (bicyclic) bond motifs is 3. The third-order valence-electron chi connectivity index (χ3n) is 10.2. The van der Waals surface area contributed by atoms with Gasteiger partial charge in [0.05, 0.1) is 36.2 Å². The standard InChI is InChI=1S/C35H34F3N5O4/c1-3-23-26(37)5-4-20-10-22(44)11-24(27(20)23)29-28(38)30-25(13-39-29)31(42-8-9-46-18-33(2,45)16-42)41-32(40-30)47-19-35-12-21(36)14-43(35)17-34(15-35)6-7-34/h1,4-5,10-11,13,21,44-45H,6-9,12,14-19H2,2H3. The Kier molecular flexibility index (Phi) is 6.85. The first-order valence-electron chi connectivity index (χ1n) is 15.8. The van der Waals surface area contributed by atoms with Crippen molar-refractivity contribution in [1.29, 1.82) is 0 Å². The number of anilines is 1. The average Bonchev–Trinajstić information content (AvgIpc) is 3.67. The summed E-state index contributed by atoms with van der Waals surface area (Å²) in [6, 6.07) is 5.25. The number of aliphatic hydroxyl groups is 1. The lowest BCUT2D eigenvalue weighted by atomic mass is 9.89. The van der Waals surface area contributed by atoms with Gasteiger partial charge in [-0.3, -0.25) is 9.88 Å². The predicted octanol–water partition coefficient (Wildman–Crippen LogP) is 4.74. The number of benzene rings is 2. The number of rotatable bonds is 5. The van der Waals surface area contributed by atoms with Gasteiger partial charge in [0.1, 0.15) is 47.0 Å². The molecule has 2 aromatic carbocycles. The molecular weight excluding hydrogens is 611 g/mol. The molecule has 244 valence electrons. The van der Waals surface area contributed by atoms with Crippen molar-refractivity contribution in [3.05, 3.63) is 47.7 Å². The first-order valence-corrected chi connectivity index (χ1v) is 15.8. The van der Waals surface area contributed by atoms with Crippen molar-refractivity contribution in [2.45, 2.75) is 49.9 Å². The SMILES string of the molecule is C#Cc1c(F)ccc2cc(O)cc(-c3ncc4c(N5CCOCC(C)(O)C5)nc(OCC56CC(F)CN5CC5(CC5)C6)nc4c3F)c12. The normalized spacial score (nSPS) is 26.9. The van der Waals surface area contributed by atoms with E-state index in [-0.39, 0.29) is 70.0 Å². The molecule has 2 N–H and O–H groups in total. The van der Waals surface area contributed by atoms with Gasteiger partial charge in [-0.1, -0.05) is 12.0 Å². The number of nitrogens with zero attached hydrogens (tertiary/aromatic N) is 5. The number of ether oxygens (including phenoxy) is 2. The molecule has 4 aromatic rings. The third kappa shape index (κ3) is 5.12. The summed E-state index contributed by atoms with van der Waals surface area (Å²) in [7, 11) is 0. The number of aromatic nitrogens is 3. The molecule has 0 radical (unpaired) electrons. The summed E-state index contributed by atoms with van der Waals surface area (Å²) in [5.41, 5.74) is -1.82. The highest BCUT2D eigenvalue weighted by Crippen LogP contribution is 2.60. The van der Waals surface area contributed by atoms with Crippen LogP contribution in [0.25, 0.3) is 32.9 Å². The zero-order valence-electron chi connectivity index (χ0n) is 25.9. The molecule has 12 heteroatoms. The largest absolute Gasteiger partial charge is 0.508 e. The molecule has 47 heavy (non-hydrogen) atoms. The van der Waals surface area contributed by atoms with Crippen LogP contribution in [0.1, 0.15) is 38.2 Å². The van der Waals surface area contributed by atoms with Gasteiger partial charge in [0.2, 0.25) is 0 Å². The molecule has 5 heterocycles. The maximum atomic E-state index is 16.8. The van der Waals surface area contributed by atoms with E-state index < -0.39 is 28.9 Å². The molecule has 3 aliphatic heterocycles. The second-order valence-corrected chi connectivity index (χ2v) is 14.0. The molecule has 1 aliphatic carbocycles. The van der Waals surface area contributed by atoms with E-state index in [2.05, 4.69) is 20.8 Å². The van der Waals surface area contributed by atoms with Crippen LogP contribution in [0.3, 0.4) is 0 Å². The quantitative estimate of drug-likeness (QED) is 0.298. The van der Waals surface area contributed by atoms with Crippen molar-refractivity contribution >= 4 is 27.5 Å². The molecule has 8 rings (SSSR count). The van der Waals surface area contributed by atoms with E-state index >= 15 is 4.39 Å².